The van der Waals surface area contributed by atoms with Gasteiger partial charge in [0.05, 0.1) is 45.7 Å². The van der Waals surface area contributed by atoms with Gasteiger partial charge in [0.2, 0.25) is 0 Å². The fourth-order valence-electron chi connectivity index (χ4n) is 1.21. The first-order valence-corrected chi connectivity index (χ1v) is 7.24. The molecule has 0 aliphatic heterocycles. The van der Waals surface area contributed by atoms with E-state index < -0.39 is 0 Å². The molecule has 0 heterocycles. The second kappa shape index (κ2) is 19.3. The van der Waals surface area contributed by atoms with Crippen molar-refractivity contribution < 1.29 is 34.0 Å². The van der Waals surface area contributed by atoms with Crippen LogP contribution in [0, 0.1) is 0 Å². The minimum atomic E-state index is -0.273. The topological polar surface area (TPSA) is 94.5 Å². The monoisotopic (exact) mass is 310 g/mol. The average molecular weight is 310 g/mol. The highest BCUT2D eigenvalue weighted by Crippen LogP contribution is 1.98. The van der Waals surface area contributed by atoms with E-state index in [1.165, 1.54) is 6.92 Å². The molecule has 0 spiro atoms. The number of hydrogen-bond donors (Lipinski definition) is 2. The van der Waals surface area contributed by atoms with Crippen LogP contribution in [-0.2, 0) is 23.7 Å². The second-order valence-corrected chi connectivity index (χ2v) is 3.96. The van der Waals surface area contributed by atoms with E-state index >= 15 is 0 Å². The molecular weight excluding hydrogens is 280 g/mol. The van der Waals surface area contributed by atoms with Gasteiger partial charge in [0, 0.05) is 13.5 Å². The summed E-state index contributed by atoms with van der Waals surface area (Å²) in [5.74, 6) is -0.273. The van der Waals surface area contributed by atoms with E-state index in [4.69, 9.17) is 24.4 Å². The largest absolute Gasteiger partial charge is 0.463 e. The number of carbonyl (C=O) groups is 1. The molecule has 0 aromatic rings. The van der Waals surface area contributed by atoms with Gasteiger partial charge in [-0.05, 0) is 13.3 Å². The number of esters is 1. The van der Waals surface area contributed by atoms with Crippen LogP contribution >= 0.6 is 0 Å². The molecule has 0 radical (unpaired) electrons. The Morgan fingerprint density at radius 2 is 1.62 bits per heavy atom. The number of carbonyl (C=O) groups excluding carboxylic acids is 1. The van der Waals surface area contributed by atoms with Crippen LogP contribution in [0.4, 0.5) is 0 Å². The lowest BCUT2D eigenvalue weighted by Crippen LogP contribution is -2.20. The summed E-state index contributed by atoms with van der Waals surface area (Å²) in [6.07, 6.45) is 1.08. The fraction of sp³-hybridized carbons (Fsp3) is 0.929. The van der Waals surface area contributed by atoms with Crippen molar-refractivity contribution in [2.24, 2.45) is 0 Å². The summed E-state index contributed by atoms with van der Waals surface area (Å²) in [7, 11) is 0. The zero-order chi connectivity index (χ0) is 16.3. The van der Waals surface area contributed by atoms with Crippen LogP contribution in [0.25, 0.3) is 0 Å². The van der Waals surface area contributed by atoms with Crippen LogP contribution in [0.5, 0.6) is 0 Å². The Balaban J connectivity index is 0. The Bertz CT molecular complexity index is 207. The SMILES string of the molecule is CCOC(CC)COCCOC(C)=O.OCCOCCO. The molecule has 1 unspecified atom stereocenters. The highest BCUT2D eigenvalue weighted by Gasteiger charge is 2.04. The maximum absolute atomic E-state index is 10.4. The molecule has 0 saturated carbocycles. The van der Waals surface area contributed by atoms with Gasteiger partial charge < -0.3 is 29.2 Å². The molecule has 0 rings (SSSR count). The molecule has 0 fully saturated rings. The van der Waals surface area contributed by atoms with Gasteiger partial charge in [-0.1, -0.05) is 6.92 Å². The molecule has 21 heavy (non-hydrogen) atoms. The quantitative estimate of drug-likeness (QED) is 0.397. The molecule has 1 atom stereocenters. The van der Waals surface area contributed by atoms with Gasteiger partial charge in [-0.25, -0.2) is 0 Å². The van der Waals surface area contributed by atoms with E-state index in [0.717, 1.165) is 6.42 Å². The highest BCUT2D eigenvalue weighted by molar-refractivity contribution is 5.65. The lowest BCUT2D eigenvalue weighted by Gasteiger charge is -2.14. The predicted molar refractivity (Wildman–Crippen MR) is 78.1 cm³/mol. The predicted octanol–water partition coefficient (Wildman–Crippen LogP) is 0.369. The molecule has 0 aromatic heterocycles. The molecule has 0 aliphatic rings. The molecule has 2 N–H and O–H groups in total. The van der Waals surface area contributed by atoms with Gasteiger partial charge in [-0.2, -0.15) is 0 Å². The van der Waals surface area contributed by atoms with Gasteiger partial charge >= 0.3 is 5.97 Å². The van der Waals surface area contributed by atoms with E-state index in [1.54, 1.807) is 0 Å². The maximum atomic E-state index is 10.4. The third-order valence-corrected chi connectivity index (χ3v) is 2.17. The van der Waals surface area contributed by atoms with Gasteiger partial charge in [0.25, 0.3) is 0 Å². The average Bonchev–Trinajstić information content (AvgIpc) is 2.46. The number of aliphatic hydroxyl groups is 2. The molecule has 7 nitrogen and oxygen atoms in total. The second-order valence-electron chi connectivity index (χ2n) is 3.96. The summed E-state index contributed by atoms with van der Waals surface area (Å²) in [6.45, 7) is 8.10. The third kappa shape index (κ3) is 21.7. The molecule has 0 bridgehead atoms. The first-order chi connectivity index (χ1) is 10.1. The van der Waals surface area contributed by atoms with Crippen molar-refractivity contribution in [3.8, 4) is 0 Å². The van der Waals surface area contributed by atoms with E-state index in [0.29, 0.717) is 39.6 Å². The summed E-state index contributed by atoms with van der Waals surface area (Å²) < 4.78 is 20.0. The van der Waals surface area contributed by atoms with Crippen LogP contribution in [0.3, 0.4) is 0 Å². The van der Waals surface area contributed by atoms with E-state index in [-0.39, 0.29) is 25.3 Å². The summed E-state index contributed by atoms with van der Waals surface area (Å²) in [5.41, 5.74) is 0. The van der Waals surface area contributed by atoms with Crippen LogP contribution < -0.4 is 0 Å². The Labute approximate surface area is 127 Å². The summed E-state index contributed by atoms with van der Waals surface area (Å²) >= 11 is 0. The molecule has 0 amide bonds. The summed E-state index contributed by atoms with van der Waals surface area (Å²) in [5, 5.41) is 16.2. The van der Waals surface area contributed by atoms with Crippen molar-refractivity contribution in [2.75, 3.05) is 52.9 Å². The molecule has 7 heteroatoms. The van der Waals surface area contributed by atoms with Crippen LogP contribution in [0.1, 0.15) is 27.2 Å². The first-order valence-electron chi connectivity index (χ1n) is 7.24. The number of hydrogen-bond acceptors (Lipinski definition) is 7. The Hall–Kier alpha value is -0.730. The van der Waals surface area contributed by atoms with Crippen molar-refractivity contribution in [3.63, 3.8) is 0 Å². The van der Waals surface area contributed by atoms with Gasteiger partial charge in [0.15, 0.2) is 0 Å². The van der Waals surface area contributed by atoms with Crippen LogP contribution in [-0.4, -0.2) is 75.1 Å². The number of ether oxygens (including phenoxy) is 4. The molecule has 0 aliphatic carbocycles. The Morgan fingerprint density at radius 1 is 1.00 bits per heavy atom. The molecular formula is C14H30O7. The van der Waals surface area contributed by atoms with Gasteiger partial charge in [-0.3, -0.25) is 4.79 Å². The van der Waals surface area contributed by atoms with Crippen molar-refractivity contribution in [2.45, 2.75) is 33.3 Å². The van der Waals surface area contributed by atoms with Crippen molar-refractivity contribution in [1.82, 2.24) is 0 Å². The van der Waals surface area contributed by atoms with E-state index in [9.17, 15) is 4.79 Å². The Kier molecular flexibility index (Phi) is 20.7. The lowest BCUT2D eigenvalue weighted by atomic mass is 10.3. The van der Waals surface area contributed by atoms with E-state index in [1.807, 2.05) is 6.92 Å². The maximum Gasteiger partial charge on any atom is 0.302 e. The zero-order valence-electron chi connectivity index (χ0n) is 13.4. The first kappa shape index (κ1) is 22.5. The van der Waals surface area contributed by atoms with Gasteiger partial charge in [-0.15, -0.1) is 0 Å². The van der Waals surface area contributed by atoms with Crippen LogP contribution in [0.15, 0.2) is 0 Å². The van der Waals surface area contributed by atoms with Crippen LogP contribution in [0.2, 0.25) is 0 Å². The standard InChI is InChI=1S/C10H20O4.C4H10O3/c1-4-10(13-5-2)8-12-6-7-14-9(3)11;5-1-3-7-4-2-6/h10H,4-8H2,1-3H3;5-6H,1-4H2. The lowest BCUT2D eigenvalue weighted by molar-refractivity contribution is -0.142. The number of aliphatic hydroxyl groups excluding tert-OH is 2. The Morgan fingerprint density at radius 3 is 2.05 bits per heavy atom. The molecule has 0 saturated heterocycles. The smallest absolute Gasteiger partial charge is 0.302 e. The number of rotatable bonds is 12. The molecule has 0 aromatic carbocycles. The highest BCUT2D eigenvalue weighted by atomic mass is 16.6. The van der Waals surface area contributed by atoms with E-state index in [2.05, 4.69) is 11.7 Å². The van der Waals surface area contributed by atoms with Gasteiger partial charge in [0.1, 0.15) is 6.61 Å². The van der Waals surface area contributed by atoms with Crippen molar-refractivity contribution in [1.29, 1.82) is 0 Å². The normalized spacial score (nSPS) is 11.5. The minimum absolute atomic E-state index is 0.0278. The molecule has 128 valence electrons. The fourth-order valence-corrected chi connectivity index (χ4v) is 1.21. The minimum Gasteiger partial charge on any atom is -0.463 e. The third-order valence-electron chi connectivity index (χ3n) is 2.17. The van der Waals surface area contributed by atoms with Crippen molar-refractivity contribution in [3.05, 3.63) is 0 Å². The summed E-state index contributed by atoms with van der Waals surface area (Å²) in [4.78, 5) is 10.4. The van der Waals surface area contributed by atoms with Crippen molar-refractivity contribution >= 4 is 5.97 Å². The zero-order valence-corrected chi connectivity index (χ0v) is 13.4. The summed E-state index contributed by atoms with van der Waals surface area (Å²) in [6, 6.07) is 0.